The lowest BCUT2D eigenvalue weighted by atomic mass is 10.0. The Bertz CT molecular complexity index is 834. The number of benzene rings is 2. The zero-order valence-electron chi connectivity index (χ0n) is 23.8. The van der Waals surface area contributed by atoms with Crippen molar-refractivity contribution < 1.29 is 18.9 Å². The predicted molar refractivity (Wildman–Crippen MR) is 157 cm³/mol. The lowest BCUT2D eigenvalue weighted by Gasteiger charge is -2.16. The Morgan fingerprint density at radius 2 is 0.946 bits per heavy atom. The molecular weight excluding hydrogens is 488 g/mol. The van der Waals surface area contributed by atoms with E-state index in [-0.39, 0.29) is 12.4 Å². The average Bonchev–Trinajstić information content (AvgIpc) is 2.92. The van der Waals surface area contributed by atoms with E-state index in [1.807, 2.05) is 12.1 Å². The van der Waals surface area contributed by atoms with Crippen LogP contribution in [0.1, 0.15) is 61.8 Å². The first-order valence-electron chi connectivity index (χ1n) is 13.5. The molecule has 0 aliphatic rings. The molecule has 6 nitrogen and oxygen atoms in total. The number of ether oxygens (including phenoxy) is 4. The van der Waals surface area contributed by atoms with Crippen molar-refractivity contribution in [2.24, 2.45) is 0 Å². The Balaban J connectivity index is 0.00000684. The lowest BCUT2D eigenvalue weighted by Crippen LogP contribution is -2.20. The minimum absolute atomic E-state index is 0. The first-order chi connectivity index (χ1) is 17.6. The SMILES string of the molecule is CCc1c(CCNCCCCCCNCCc2ccc(OC)c(OC)c2CC)ccc(OC)c1OC.Cl. The van der Waals surface area contributed by atoms with E-state index in [2.05, 4.69) is 36.6 Å². The summed E-state index contributed by atoms with van der Waals surface area (Å²) < 4.78 is 22.1. The number of halogens is 1. The predicted octanol–water partition coefficient (Wildman–Crippen LogP) is 5.79. The molecule has 0 radical (unpaired) electrons. The van der Waals surface area contributed by atoms with Crippen LogP contribution < -0.4 is 29.6 Å². The first kappa shape index (κ1) is 32.9. The van der Waals surface area contributed by atoms with Gasteiger partial charge in [0.05, 0.1) is 28.4 Å². The summed E-state index contributed by atoms with van der Waals surface area (Å²) in [7, 11) is 6.82. The molecule has 0 amide bonds. The summed E-state index contributed by atoms with van der Waals surface area (Å²) in [6.07, 6.45) is 8.87. The summed E-state index contributed by atoms with van der Waals surface area (Å²) in [6, 6.07) is 8.36. The minimum Gasteiger partial charge on any atom is -0.493 e. The minimum atomic E-state index is 0. The van der Waals surface area contributed by atoms with Crippen molar-refractivity contribution in [2.75, 3.05) is 54.6 Å². The van der Waals surface area contributed by atoms with Crippen molar-refractivity contribution in [3.8, 4) is 23.0 Å². The third-order valence-corrected chi connectivity index (χ3v) is 6.80. The van der Waals surface area contributed by atoms with Crippen LogP contribution in [-0.2, 0) is 25.7 Å². The lowest BCUT2D eigenvalue weighted by molar-refractivity contribution is 0.351. The van der Waals surface area contributed by atoms with E-state index in [0.29, 0.717) is 0 Å². The van der Waals surface area contributed by atoms with Crippen molar-refractivity contribution in [3.63, 3.8) is 0 Å². The number of unbranched alkanes of at least 4 members (excludes halogenated alkanes) is 3. The topological polar surface area (TPSA) is 61.0 Å². The van der Waals surface area contributed by atoms with Crippen molar-refractivity contribution in [1.82, 2.24) is 10.6 Å². The van der Waals surface area contributed by atoms with Gasteiger partial charge in [0.15, 0.2) is 23.0 Å². The molecule has 0 atom stereocenters. The van der Waals surface area contributed by atoms with Gasteiger partial charge < -0.3 is 29.6 Å². The van der Waals surface area contributed by atoms with Crippen LogP contribution in [0, 0.1) is 0 Å². The van der Waals surface area contributed by atoms with Gasteiger partial charge in [-0.3, -0.25) is 0 Å². The number of hydrogen-bond acceptors (Lipinski definition) is 6. The van der Waals surface area contributed by atoms with Crippen LogP contribution in [0.2, 0.25) is 0 Å². The Kier molecular flexibility index (Phi) is 16.9. The summed E-state index contributed by atoms with van der Waals surface area (Å²) in [5, 5.41) is 7.20. The average molecular weight is 537 g/mol. The quantitative estimate of drug-likeness (QED) is 0.221. The van der Waals surface area contributed by atoms with Crippen LogP contribution in [0.3, 0.4) is 0 Å². The molecule has 0 saturated heterocycles. The summed E-state index contributed by atoms with van der Waals surface area (Å²) in [5.41, 5.74) is 5.19. The number of hydrogen-bond donors (Lipinski definition) is 2. The van der Waals surface area contributed by atoms with Crippen molar-refractivity contribution in [3.05, 3.63) is 46.5 Å². The molecule has 2 N–H and O–H groups in total. The first-order valence-corrected chi connectivity index (χ1v) is 13.5. The van der Waals surface area contributed by atoms with Gasteiger partial charge in [0.1, 0.15) is 0 Å². The summed E-state index contributed by atoms with van der Waals surface area (Å²) in [4.78, 5) is 0. The van der Waals surface area contributed by atoms with Gasteiger partial charge in [-0.1, -0.05) is 38.8 Å². The highest BCUT2D eigenvalue weighted by molar-refractivity contribution is 5.85. The molecule has 0 aliphatic heterocycles. The van der Waals surface area contributed by atoms with Crippen molar-refractivity contribution in [2.45, 2.75) is 65.2 Å². The molecule has 7 heteroatoms. The van der Waals surface area contributed by atoms with Gasteiger partial charge >= 0.3 is 0 Å². The molecule has 0 saturated carbocycles. The van der Waals surface area contributed by atoms with E-state index in [1.165, 1.54) is 47.9 Å². The van der Waals surface area contributed by atoms with Crippen LogP contribution in [0.15, 0.2) is 24.3 Å². The number of methoxy groups -OCH3 is 4. The van der Waals surface area contributed by atoms with Crippen molar-refractivity contribution >= 4 is 12.4 Å². The number of rotatable bonds is 19. The van der Waals surface area contributed by atoms with Crippen LogP contribution in [0.4, 0.5) is 0 Å². The fourth-order valence-corrected chi connectivity index (χ4v) is 4.86. The van der Waals surface area contributed by atoms with E-state index >= 15 is 0 Å². The van der Waals surface area contributed by atoms with Crippen LogP contribution in [0.5, 0.6) is 23.0 Å². The third-order valence-electron chi connectivity index (χ3n) is 6.80. The second kappa shape index (κ2) is 19.0. The summed E-state index contributed by atoms with van der Waals surface area (Å²) >= 11 is 0. The molecular formula is C30H49ClN2O4. The highest BCUT2D eigenvalue weighted by Crippen LogP contribution is 2.35. The maximum Gasteiger partial charge on any atom is 0.164 e. The number of nitrogens with one attached hydrogen (secondary N) is 2. The summed E-state index contributed by atoms with van der Waals surface area (Å²) in [6.45, 7) is 8.45. The largest absolute Gasteiger partial charge is 0.493 e. The molecule has 0 aromatic heterocycles. The van der Waals surface area contributed by atoms with E-state index < -0.39 is 0 Å². The molecule has 2 aromatic rings. The van der Waals surface area contributed by atoms with E-state index in [0.717, 1.165) is 74.9 Å². The van der Waals surface area contributed by atoms with Gasteiger partial charge in [0, 0.05) is 11.1 Å². The molecule has 210 valence electrons. The third kappa shape index (κ3) is 9.91. The highest BCUT2D eigenvalue weighted by Gasteiger charge is 2.14. The molecule has 0 fully saturated rings. The molecule has 0 bridgehead atoms. The Morgan fingerprint density at radius 1 is 0.541 bits per heavy atom. The Morgan fingerprint density at radius 3 is 1.27 bits per heavy atom. The second-order valence-corrected chi connectivity index (χ2v) is 9.00. The molecule has 37 heavy (non-hydrogen) atoms. The van der Waals surface area contributed by atoms with E-state index in [1.54, 1.807) is 28.4 Å². The molecule has 0 heterocycles. The molecule has 2 aromatic carbocycles. The molecule has 0 spiro atoms. The van der Waals surface area contributed by atoms with Crippen molar-refractivity contribution in [1.29, 1.82) is 0 Å². The fraction of sp³-hybridized carbons (Fsp3) is 0.600. The standard InChI is InChI=1S/C30H48N2O4.ClH/c1-7-25-23(13-15-27(33-3)29(25)35-5)17-21-31-19-11-9-10-12-20-32-22-18-24-14-16-28(34-4)30(36-6)26(24)8-2;/h13-16,31-32H,7-12,17-22H2,1-6H3;1H. The van der Waals surface area contributed by atoms with Crippen LogP contribution >= 0.6 is 12.4 Å². The highest BCUT2D eigenvalue weighted by atomic mass is 35.5. The smallest absolute Gasteiger partial charge is 0.164 e. The normalized spacial score (nSPS) is 10.6. The Hall–Kier alpha value is -2.15. The van der Waals surface area contributed by atoms with Gasteiger partial charge in [-0.15, -0.1) is 12.4 Å². The molecule has 0 unspecified atom stereocenters. The van der Waals surface area contributed by atoms with Gasteiger partial charge in [-0.05, 0) is 88.0 Å². The van der Waals surface area contributed by atoms with Gasteiger partial charge in [0.25, 0.3) is 0 Å². The zero-order chi connectivity index (χ0) is 26.2. The van der Waals surface area contributed by atoms with E-state index in [9.17, 15) is 0 Å². The van der Waals surface area contributed by atoms with Gasteiger partial charge in [-0.2, -0.15) is 0 Å². The fourth-order valence-electron chi connectivity index (χ4n) is 4.86. The van der Waals surface area contributed by atoms with Crippen LogP contribution in [0.25, 0.3) is 0 Å². The maximum absolute atomic E-state index is 5.60. The van der Waals surface area contributed by atoms with Gasteiger partial charge in [-0.25, -0.2) is 0 Å². The monoisotopic (exact) mass is 536 g/mol. The van der Waals surface area contributed by atoms with Gasteiger partial charge in [0.2, 0.25) is 0 Å². The van der Waals surface area contributed by atoms with Crippen LogP contribution in [-0.4, -0.2) is 54.6 Å². The van der Waals surface area contributed by atoms with E-state index in [4.69, 9.17) is 18.9 Å². The zero-order valence-corrected chi connectivity index (χ0v) is 24.7. The summed E-state index contributed by atoms with van der Waals surface area (Å²) in [5.74, 6) is 3.38. The molecule has 2 rings (SSSR count). The second-order valence-electron chi connectivity index (χ2n) is 9.00. The maximum atomic E-state index is 5.60. The Labute approximate surface area is 231 Å². The molecule has 0 aliphatic carbocycles.